The number of rotatable bonds is 8. The van der Waals surface area contributed by atoms with Crippen molar-refractivity contribution in [1.29, 1.82) is 0 Å². The van der Waals surface area contributed by atoms with Crippen molar-refractivity contribution in [2.45, 2.75) is 48.0 Å². The Morgan fingerprint density at radius 3 is 2.25 bits per heavy atom. The topological polar surface area (TPSA) is 47.0 Å². The molecule has 0 saturated heterocycles. The monoisotopic (exact) mass is 279 g/mol. The largest absolute Gasteiger partial charge is 0.477 e. The first kappa shape index (κ1) is 16.7. The van der Waals surface area contributed by atoms with E-state index in [4.69, 9.17) is 4.74 Å². The Bertz CT molecular complexity index is 372. The summed E-state index contributed by atoms with van der Waals surface area (Å²) in [5.41, 5.74) is 0. The van der Waals surface area contributed by atoms with E-state index in [1.807, 2.05) is 6.07 Å². The van der Waals surface area contributed by atoms with Gasteiger partial charge in [-0.25, -0.2) is 4.98 Å². The van der Waals surface area contributed by atoms with Gasteiger partial charge in [-0.1, -0.05) is 41.5 Å². The zero-order valence-electron chi connectivity index (χ0n) is 13.7. The summed E-state index contributed by atoms with van der Waals surface area (Å²) in [5.74, 6) is 4.00. The molecular weight excluding hydrogens is 250 g/mol. The van der Waals surface area contributed by atoms with Crippen LogP contribution in [0.3, 0.4) is 0 Å². The molecule has 0 saturated carbocycles. The van der Waals surface area contributed by atoms with Crippen LogP contribution in [0, 0.1) is 17.8 Å². The minimum Gasteiger partial charge on any atom is -0.477 e. The summed E-state index contributed by atoms with van der Waals surface area (Å²) in [5, 5.41) is 3.35. The maximum absolute atomic E-state index is 5.75. The van der Waals surface area contributed by atoms with Crippen LogP contribution in [0.5, 0.6) is 5.88 Å². The van der Waals surface area contributed by atoms with Gasteiger partial charge in [0.05, 0.1) is 6.61 Å². The molecule has 1 N–H and O–H groups in total. The van der Waals surface area contributed by atoms with Crippen molar-refractivity contribution in [2.75, 3.05) is 18.5 Å². The van der Waals surface area contributed by atoms with E-state index in [0.29, 0.717) is 30.2 Å². The van der Waals surface area contributed by atoms with Crippen molar-refractivity contribution >= 4 is 5.82 Å². The van der Waals surface area contributed by atoms with Gasteiger partial charge >= 0.3 is 0 Å². The second-order valence-corrected chi connectivity index (χ2v) is 6.59. The maximum Gasteiger partial charge on any atom is 0.218 e. The maximum atomic E-state index is 5.75. The van der Waals surface area contributed by atoms with Crippen LogP contribution in [0.1, 0.15) is 47.4 Å². The fraction of sp³-hybridized carbons (Fsp3) is 0.750. The molecule has 0 aromatic carbocycles. The molecule has 0 aliphatic carbocycles. The summed E-state index contributed by atoms with van der Waals surface area (Å²) >= 11 is 0. The lowest BCUT2D eigenvalue weighted by atomic mass is 10.1. The predicted octanol–water partition coefficient (Wildman–Crippen LogP) is 3.78. The van der Waals surface area contributed by atoms with Crippen molar-refractivity contribution < 1.29 is 4.74 Å². The molecule has 1 heterocycles. The molecule has 0 amide bonds. The molecule has 4 heteroatoms. The lowest BCUT2D eigenvalue weighted by Gasteiger charge is -2.13. The summed E-state index contributed by atoms with van der Waals surface area (Å²) in [6.07, 6.45) is 0.870. The standard InChI is InChI=1S/C16H29N3O/c1-11(2)7-15-18-14(17-9-12(3)4)8-16(19-15)20-10-13(5)6/h8,11-13H,7,9-10H2,1-6H3,(H,17,18,19). The van der Waals surface area contributed by atoms with Crippen LogP contribution in [-0.4, -0.2) is 23.1 Å². The quantitative estimate of drug-likeness (QED) is 0.786. The van der Waals surface area contributed by atoms with E-state index in [9.17, 15) is 0 Å². The van der Waals surface area contributed by atoms with E-state index in [0.717, 1.165) is 24.6 Å². The van der Waals surface area contributed by atoms with Gasteiger partial charge in [0.25, 0.3) is 0 Å². The molecule has 0 radical (unpaired) electrons. The van der Waals surface area contributed by atoms with Gasteiger partial charge in [0.1, 0.15) is 11.6 Å². The lowest BCUT2D eigenvalue weighted by Crippen LogP contribution is -2.13. The van der Waals surface area contributed by atoms with E-state index < -0.39 is 0 Å². The van der Waals surface area contributed by atoms with Crippen LogP contribution in [-0.2, 0) is 6.42 Å². The van der Waals surface area contributed by atoms with Crippen molar-refractivity contribution in [3.05, 3.63) is 11.9 Å². The molecule has 0 fully saturated rings. The van der Waals surface area contributed by atoms with E-state index >= 15 is 0 Å². The van der Waals surface area contributed by atoms with E-state index in [1.54, 1.807) is 0 Å². The minimum absolute atomic E-state index is 0.491. The molecule has 0 aliphatic heterocycles. The van der Waals surface area contributed by atoms with Gasteiger partial charge in [-0.15, -0.1) is 0 Å². The third-order valence-corrected chi connectivity index (χ3v) is 2.60. The second-order valence-electron chi connectivity index (χ2n) is 6.59. The number of nitrogens with one attached hydrogen (secondary N) is 1. The predicted molar refractivity (Wildman–Crippen MR) is 84.2 cm³/mol. The number of anilines is 1. The average Bonchev–Trinajstić information content (AvgIpc) is 2.33. The summed E-state index contributed by atoms with van der Waals surface area (Å²) < 4.78 is 5.75. The molecule has 0 spiro atoms. The highest BCUT2D eigenvalue weighted by atomic mass is 16.5. The molecular formula is C16H29N3O. The van der Waals surface area contributed by atoms with Crippen LogP contribution >= 0.6 is 0 Å². The fourth-order valence-corrected chi connectivity index (χ4v) is 1.65. The summed E-state index contributed by atoms with van der Waals surface area (Å²) in [6, 6.07) is 1.90. The molecule has 114 valence electrons. The van der Waals surface area contributed by atoms with Crippen LogP contribution in [0.15, 0.2) is 6.07 Å². The molecule has 0 unspecified atom stereocenters. The van der Waals surface area contributed by atoms with E-state index in [-0.39, 0.29) is 0 Å². The van der Waals surface area contributed by atoms with E-state index in [1.165, 1.54) is 0 Å². The van der Waals surface area contributed by atoms with Crippen molar-refractivity contribution in [3.63, 3.8) is 0 Å². The van der Waals surface area contributed by atoms with Crippen molar-refractivity contribution in [2.24, 2.45) is 17.8 Å². The van der Waals surface area contributed by atoms with Crippen LogP contribution in [0.25, 0.3) is 0 Å². The number of nitrogens with zero attached hydrogens (tertiary/aromatic N) is 2. The van der Waals surface area contributed by atoms with Gasteiger partial charge in [0.2, 0.25) is 5.88 Å². The van der Waals surface area contributed by atoms with Gasteiger partial charge in [-0.05, 0) is 17.8 Å². The van der Waals surface area contributed by atoms with Gasteiger partial charge in [0, 0.05) is 19.0 Å². The first-order valence-electron chi connectivity index (χ1n) is 7.61. The van der Waals surface area contributed by atoms with Gasteiger partial charge in [-0.3, -0.25) is 0 Å². The highest BCUT2D eigenvalue weighted by Gasteiger charge is 2.08. The Labute approximate surface area is 123 Å². The van der Waals surface area contributed by atoms with Crippen LogP contribution in [0.2, 0.25) is 0 Å². The number of hydrogen-bond acceptors (Lipinski definition) is 4. The number of ether oxygens (including phenoxy) is 1. The fourth-order valence-electron chi connectivity index (χ4n) is 1.65. The zero-order chi connectivity index (χ0) is 15.1. The SMILES string of the molecule is CC(C)CNc1cc(OCC(C)C)nc(CC(C)C)n1. The molecule has 20 heavy (non-hydrogen) atoms. The third-order valence-electron chi connectivity index (χ3n) is 2.60. The highest BCUT2D eigenvalue weighted by molar-refractivity contribution is 5.38. The third kappa shape index (κ3) is 6.73. The van der Waals surface area contributed by atoms with Gasteiger partial charge < -0.3 is 10.1 Å². The van der Waals surface area contributed by atoms with Crippen molar-refractivity contribution in [3.8, 4) is 5.88 Å². The van der Waals surface area contributed by atoms with Crippen molar-refractivity contribution in [1.82, 2.24) is 9.97 Å². The molecule has 0 atom stereocenters. The summed E-state index contributed by atoms with van der Waals surface area (Å²) in [7, 11) is 0. The molecule has 0 bridgehead atoms. The molecule has 1 rings (SSSR count). The number of hydrogen-bond donors (Lipinski definition) is 1. The summed E-state index contributed by atoms with van der Waals surface area (Å²) in [6.45, 7) is 14.6. The minimum atomic E-state index is 0.491. The first-order valence-corrected chi connectivity index (χ1v) is 7.61. The van der Waals surface area contributed by atoms with Crippen LogP contribution in [0.4, 0.5) is 5.82 Å². The smallest absolute Gasteiger partial charge is 0.218 e. The molecule has 4 nitrogen and oxygen atoms in total. The van der Waals surface area contributed by atoms with Gasteiger partial charge in [-0.2, -0.15) is 4.98 Å². The zero-order valence-corrected chi connectivity index (χ0v) is 13.7. The Hall–Kier alpha value is -1.32. The highest BCUT2D eigenvalue weighted by Crippen LogP contribution is 2.17. The Balaban J connectivity index is 2.83. The molecule has 1 aromatic heterocycles. The molecule has 0 aliphatic rings. The normalized spacial score (nSPS) is 11.4. The van der Waals surface area contributed by atoms with Crippen LogP contribution < -0.4 is 10.1 Å². The Morgan fingerprint density at radius 2 is 1.70 bits per heavy atom. The lowest BCUT2D eigenvalue weighted by molar-refractivity contribution is 0.260. The first-order chi connectivity index (χ1) is 9.36. The average molecular weight is 279 g/mol. The van der Waals surface area contributed by atoms with E-state index in [2.05, 4.69) is 56.8 Å². The summed E-state index contributed by atoms with van der Waals surface area (Å²) in [4.78, 5) is 9.07. The second kappa shape index (κ2) is 8.08. The van der Waals surface area contributed by atoms with Gasteiger partial charge in [0.15, 0.2) is 0 Å². The Kier molecular flexibility index (Phi) is 6.76. The molecule has 1 aromatic rings. The number of aromatic nitrogens is 2. The Morgan fingerprint density at radius 1 is 1.00 bits per heavy atom.